The molecule has 8 heteroatoms. The Hall–Kier alpha value is -2.84. The second-order valence-electron chi connectivity index (χ2n) is 6.11. The summed E-state index contributed by atoms with van der Waals surface area (Å²) in [6.07, 6.45) is 0.224. The Bertz CT molecular complexity index is 943. The molecule has 150 valence electrons. The van der Waals surface area contributed by atoms with Crippen molar-refractivity contribution in [2.45, 2.75) is 17.3 Å². The number of hydrogen-bond donors (Lipinski definition) is 2. The van der Waals surface area contributed by atoms with Crippen molar-refractivity contribution in [2.75, 3.05) is 18.2 Å². The summed E-state index contributed by atoms with van der Waals surface area (Å²) in [5.41, 5.74) is 2.48. The van der Waals surface area contributed by atoms with Crippen LogP contribution in [0.25, 0.3) is 0 Å². The lowest BCUT2D eigenvalue weighted by Gasteiger charge is -2.05. The third kappa shape index (κ3) is 6.92. The summed E-state index contributed by atoms with van der Waals surface area (Å²) in [6.45, 7) is 0.497. The summed E-state index contributed by atoms with van der Waals surface area (Å²) in [7, 11) is 1.60. The van der Waals surface area contributed by atoms with E-state index in [4.69, 9.17) is 4.74 Å². The molecule has 0 fully saturated rings. The summed E-state index contributed by atoms with van der Waals surface area (Å²) in [5, 5.41) is 7.57. The summed E-state index contributed by atoms with van der Waals surface area (Å²) in [6, 6.07) is 16.9. The number of benzene rings is 2. The van der Waals surface area contributed by atoms with E-state index >= 15 is 0 Å². The third-order valence-corrected chi connectivity index (χ3v) is 5.98. The number of thiazole rings is 1. The van der Waals surface area contributed by atoms with Crippen molar-refractivity contribution in [2.24, 2.45) is 0 Å². The van der Waals surface area contributed by atoms with Gasteiger partial charge in [0.25, 0.3) is 0 Å². The number of nitrogens with one attached hydrogen (secondary N) is 2. The number of carbonyl (C=O) groups excluding carboxylic acids is 2. The number of ether oxygens (including phenoxy) is 1. The topological polar surface area (TPSA) is 80.3 Å². The molecule has 2 aromatic carbocycles. The van der Waals surface area contributed by atoms with Crippen LogP contribution >= 0.6 is 23.1 Å². The predicted molar refractivity (Wildman–Crippen MR) is 116 cm³/mol. The number of hydrogen-bond acceptors (Lipinski definition) is 6. The van der Waals surface area contributed by atoms with E-state index in [-0.39, 0.29) is 24.0 Å². The zero-order chi connectivity index (χ0) is 20.5. The Morgan fingerprint density at radius 1 is 1.07 bits per heavy atom. The molecule has 0 atom stereocenters. The van der Waals surface area contributed by atoms with E-state index in [2.05, 4.69) is 15.6 Å². The first-order chi connectivity index (χ1) is 14.1. The third-order valence-electron chi connectivity index (χ3n) is 3.91. The minimum atomic E-state index is -0.113. The zero-order valence-electron chi connectivity index (χ0n) is 15.9. The minimum Gasteiger partial charge on any atom is -0.497 e. The molecule has 3 aromatic rings. The highest BCUT2D eigenvalue weighted by Gasteiger charge is 2.10. The van der Waals surface area contributed by atoms with Crippen LogP contribution in [0.2, 0.25) is 0 Å². The zero-order valence-corrected chi connectivity index (χ0v) is 17.5. The molecule has 0 aliphatic rings. The number of anilines is 1. The number of carbonyl (C=O) groups is 2. The van der Waals surface area contributed by atoms with Gasteiger partial charge in [0.15, 0.2) is 4.34 Å². The normalized spacial score (nSPS) is 10.4. The smallest absolute Gasteiger partial charge is 0.234 e. The van der Waals surface area contributed by atoms with Crippen LogP contribution < -0.4 is 15.4 Å². The molecule has 0 bridgehead atoms. The van der Waals surface area contributed by atoms with Crippen LogP contribution in [0.4, 0.5) is 5.69 Å². The standard InChI is InChI=1S/C21H21N3O3S2/c1-27-18-9-7-16(8-10-18)23-20(26)14-29-21-24-17(13-28-21)11-19(25)22-12-15-5-3-2-4-6-15/h2-10,13H,11-12,14H2,1H3,(H,22,25)(H,23,26). The monoisotopic (exact) mass is 427 g/mol. The van der Waals surface area contributed by atoms with Crippen LogP contribution in [-0.2, 0) is 22.6 Å². The fraction of sp³-hybridized carbons (Fsp3) is 0.190. The first kappa shape index (κ1) is 20.9. The molecule has 2 amide bonds. The van der Waals surface area contributed by atoms with Crippen LogP contribution in [0.5, 0.6) is 5.75 Å². The molecule has 29 heavy (non-hydrogen) atoms. The molecule has 0 spiro atoms. The van der Waals surface area contributed by atoms with Gasteiger partial charge in [-0.3, -0.25) is 9.59 Å². The maximum absolute atomic E-state index is 12.1. The maximum atomic E-state index is 12.1. The molecule has 0 aliphatic carbocycles. The Labute approximate surface area is 177 Å². The van der Waals surface area contributed by atoms with E-state index in [0.29, 0.717) is 17.9 Å². The summed E-state index contributed by atoms with van der Waals surface area (Å²) in [4.78, 5) is 28.6. The quantitative estimate of drug-likeness (QED) is 0.509. The van der Waals surface area contributed by atoms with Gasteiger partial charge in [0, 0.05) is 17.6 Å². The Balaban J connectivity index is 1.41. The van der Waals surface area contributed by atoms with Crippen molar-refractivity contribution in [3.8, 4) is 5.75 Å². The molecule has 3 rings (SSSR count). The number of aromatic nitrogens is 1. The van der Waals surface area contributed by atoms with Crippen molar-refractivity contribution in [1.82, 2.24) is 10.3 Å². The Kier molecular flexibility index (Phi) is 7.66. The van der Waals surface area contributed by atoms with E-state index in [0.717, 1.165) is 15.7 Å². The van der Waals surface area contributed by atoms with Gasteiger partial charge < -0.3 is 15.4 Å². The fourth-order valence-electron chi connectivity index (χ4n) is 2.46. The van der Waals surface area contributed by atoms with Gasteiger partial charge >= 0.3 is 0 Å². The number of thioether (sulfide) groups is 1. The highest BCUT2D eigenvalue weighted by atomic mass is 32.2. The van der Waals surface area contributed by atoms with Crippen molar-refractivity contribution < 1.29 is 14.3 Å². The maximum Gasteiger partial charge on any atom is 0.234 e. The average molecular weight is 428 g/mol. The number of methoxy groups -OCH3 is 1. The molecular formula is C21H21N3O3S2. The summed E-state index contributed by atoms with van der Waals surface area (Å²) < 4.78 is 5.86. The Morgan fingerprint density at radius 3 is 2.55 bits per heavy atom. The Morgan fingerprint density at radius 2 is 1.83 bits per heavy atom. The van der Waals surface area contributed by atoms with E-state index < -0.39 is 0 Å². The first-order valence-electron chi connectivity index (χ1n) is 8.94. The lowest BCUT2D eigenvalue weighted by Crippen LogP contribution is -2.24. The number of amides is 2. The van der Waals surface area contributed by atoms with Crippen molar-refractivity contribution in [1.29, 1.82) is 0 Å². The molecule has 1 heterocycles. The minimum absolute atomic E-state index is 0.0760. The van der Waals surface area contributed by atoms with Crippen molar-refractivity contribution >= 4 is 40.6 Å². The van der Waals surface area contributed by atoms with Crippen LogP contribution in [-0.4, -0.2) is 29.7 Å². The largest absolute Gasteiger partial charge is 0.497 e. The van der Waals surface area contributed by atoms with Crippen molar-refractivity contribution in [3.05, 3.63) is 71.2 Å². The van der Waals surface area contributed by atoms with Gasteiger partial charge in [0.1, 0.15) is 5.75 Å². The van der Waals surface area contributed by atoms with Gasteiger partial charge in [-0.05, 0) is 29.8 Å². The van der Waals surface area contributed by atoms with Crippen LogP contribution in [0.3, 0.4) is 0 Å². The van der Waals surface area contributed by atoms with Gasteiger partial charge in [0.2, 0.25) is 11.8 Å². The van der Waals surface area contributed by atoms with E-state index in [1.807, 2.05) is 35.7 Å². The lowest BCUT2D eigenvalue weighted by atomic mass is 10.2. The van der Waals surface area contributed by atoms with Gasteiger partial charge in [-0.25, -0.2) is 4.98 Å². The van der Waals surface area contributed by atoms with E-state index in [1.54, 1.807) is 31.4 Å². The molecule has 0 saturated carbocycles. The molecule has 1 aromatic heterocycles. The number of rotatable bonds is 9. The summed E-state index contributed by atoms with van der Waals surface area (Å²) in [5.74, 6) is 0.796. The second kappa shape index (κ2) is 10.6. The molecule has 0 unspecified atom stereocenters. The van der Waals surface area contributed by atoms with Crippen molar-refractivity contribution in [3.63, 3.8) is 0 Å². The lowest BCUT2D eigenvalue weighted by molar-refractivity contribution is -0.120. The highest BCUT2D eigenvalue weighted by Crippen LogP contribution is 2.23. The van der Waals surface area contributed by atoms with E-state index in [9.17, 15) is 9.59 Å². The van der Waals surface area contributed by atoms with Crippen LogP contribution in [0, 0.1) is 0 Å². The fourth-order valence-corrected chi connectivity index (χ4v) is 4.10. The number of nitrogens with zero attached hydrogens (tertiary/aromatic N) is 1. The predicted octanol–water partition coefficient (Wildman–Crippen LogP) is 3.74. The van der Waals surface area contributed by atoms with Gasteiger partial charge in [-0.1, -0.05) is 42.1 Å². The molecule has 6 nitrogen and oxygen atoms in total. The molecule has 0 aliphatic heterocycles. The first-order valence-corrected chi connectivity index (χ1v) is 10.8. The van der Waals surface area contributed by atoms with Crippen LogP contribution in [0.15, 0.2) is 64.3 Å². The molecule has 2 N–H and O–H groups in total. The second-order valence-corrected chi connectivity index (χ2v) is 8.19. The average Bonchev–Trinajstić information content (AvgIpc) is 3.19. The van der Waals surface area contributed by atoms with Gasteiger partial charge in [-0.15, -0.1) is 11.3 Å². The molecule has 0 saturated heterocycles. The molecule has 0 radical (unpaired) electrons. The van der Waals surface area contributed by atoms with Gasteiger partial charge in [-0.2, -0.15) is 0 Å². The molecular weight excluding hydrogens is 406 g/mol. The summed E-state index contributed by atoms with van der Waals surface area (Å²) >= 11 is 2.79. The van der Waals surface area contributed by atoms with E-state index in [1.165, 1.54) is 23.1 Å². The van der Waals surface area contributed by atoms with Gasteiger partial charge in [0.05, 0.1) is 25.0 Å². The SMILES string of the molecule is COc1ccc(NC(=O)CSc2nc(CC(=O)NCc3ccccc3)cs2)cc1. The highest BCUT2D eigenvalue weighted by molar-refractivity contribution is 8.01. The van der Waals surface area contributed by atoms with Crippen LogP contribution in [0.1, 0.15) is 11.3 Å².